The third-order valence-corrected chi connectivity index (χ3v) is 7.22. The van der Waals surface area contributed by atoms with Crippen LogP contribution in [-0.4, -0.2) is 40.8 Å². The number of para-hydroxylation sites is 1. The van der Waals surface area contributed by atoms with Gasteiger partial charge in [-0.15, -0.1) is 11.3 Å². The summed E-state index contributed by atoms with van der Waals surface area (Å²) in [6.07, 6.45) is 3.80. The molecule has 4 aromatic rings. The molecule has 1 N–H and O–H groups in total. The Morgan fingerprint density at radius 3 is 2.70 bits per heavy atom. The predicted molar refractivity (Wildman–Crippen MR) is 128 cm³/mol. The summed E-state index contributed by atoms with van der Waals surface area (Å²) in [5.74, 6) is -0.0382. The fourth-order valence-corrected chi connectivity index (χ4v) is 5.44. The minimum absolute atomic E-state index is 0.0652. The number of aromatic nitrogens is 1. The first-order chi connectivity index (χ1) is 16.2. The number of nitrogens with zero attached hydrogens (tertiary/aromatic N) is 2. The zero-order valence-electron chi connectivity index (χ0n) is 18.1. The quantitative estimate of drug-likeness (QED) is 0.456. The summed E-state index contributed by atoms with van der Waals surface area (Å²) in [6.45, 7) is 1.29. The number of fused-ring (bicyclic) bond motifs is 1. The Morgan fingerprint density at radius 1 is 1.09 bits per heavy atom. The van der Waals surface area contributed by atoms with Crippen LogP contribution in [0.4, 0.5) is 0 Å². The first-order valence-corrected chi connectivity index (χ1v) is 12.0. The first-order valence-electron chi connectivity index (χ1n) is 11.2. The largest absolute Gasteiger partial charge is 0.459 e. The number of likely N-dealkylation sites (tertiary alicyclic amines) is 1. The van der Waals surface area contributed by atoms with Crippen LogP contribution in [0.25, 0.3) is 10.2 Å². The van der Waals surface area contributed by atoms with Crippen molar-refractivity contribution in [3.8, 4) is 0 Å². The van der Waals surface area contributed by atoms with Gasteiger partial charge < -0.3 is 14.6 Å². The van der Waals surface area contributed by atoms with Gasteiger partial charge in [-0.3, -0.25) is 9.59 Å². The number of amides is 2. The van der Waals surface area contributed by atoms with E-state index in [1.807, 2.05) is 53.4 Å². The summed E-state index contributed by atoms with van der Waals surface area (Å²) >= 11 is 1.71. The van der Waals surface area contributed by atoms with Crippen molar-refractivity contribution < 1.29 is 14.0 Å². The number of nitrogens with one attached hydrogen (secondary N) is 1. The van der Waals surface area contributed by atoms with E-state index in [2.05, 4.69) is 11.4 Å². The fourth-order valence-electron chi connectivity index (χ4n) is 4.35. The lowest BCUT2D eigenvalue weighted by Crippen LogP contribution is -2.52. The molecule has 5 rings (SSSR count). The molecule has 3 heterocycles. The monoisotopic (exact) mass is 459 g/mol. The molecule has 33 heavy (non-hydrogen) atoms. The summed E-state index contributed by atoms with van der Waals surface area (Å²) in [5, 5.41) is 3.98. The molecule has 2 aromatic heterocycles. The number of hydrogen-bond donors (Lipinski definition) is 1. The molecule has 0 unspecified atom stereocenters. The zero-order valence-corrected chi connectivity index (χ0v) is 19.0. The van der Waals surface area contributed by atoms with Crippen molar-refractivity contribution in [3.05, 3.63) is 89.3 Å². The summed E-state index contributed by atoms with van der Waals surface area (Å²) in [7, 11) is 0. The second-order valence-electron chi connectivity index (χ2n) is 8.34. The molecule has 1 fully saturated rings. The van der Waals surface area contributed by atoms with Gasteiger partial charge in [0.25, 0.3) is 5.91 Å². The molecule has 2 atom stereocenters. The molecule has 2 aromatic carbocycles. The van der Waals surface area contributed by atoms with E-state index in [1.165, 1.54) is 11.0 Å². The van der Waals surface area contributed by atoms with E-state index < -0.39 is 6.04 Å². The minimum Gasteiger partial charge on any atom is -0.459 e. The van der Waals surface area contributed by atoms with Crippen LogP contribution in [0.3, 0.4) is 0 Å². The van der Waals surface area contributed by atoms with Crippen LogP contribution in [0.5, 0.6) is 0 Å². The van der Waals surface area contributed by atoms with Gasteiger partial charge in [-0.2, -0.15) is 0 Å². The number of furan rings is 1. The standard InChI is InChI=1S/C26H25N3O3S/c30-24(22-12-7-15-32-22)27-21(16-18-8-2-1-3-9-18)26(31)29-14-6-10-19(17-29)25-28-20-11-4-5-13-23(20)33-25/h1-5,7-9,11-13,15,19,21H,6,10,14,16-17H2,(H,27,30)/t19-,21+/m1/s1. The van der Waals surface area contributed by atoms with E-state index in [-0.39, 0.29) is 23.5 Å². The highest BCUT2D eigenvalue weighted by molar-refractivity contribution is 7.18. The molecule has 0 bridgehead atoms. The lowest BCUT2D eigenvalue weighted by atomic mass is 9.97. The highest BCUT2D eigenvalue weighted by atomic mass is 32.1. The van der Waals surface area contributed by atoms with Gasteiger partial charge in [-0.25, -0.2) is 4.98 Å². The number of carbonyl (C=O) groups is 2. The molecule has 0 spiro atoms. The second-order valence-corrected chi connectivity index (χ2v) is 9.40. The smallest absolute Gasteiger partial charge is 0.287 e. The average Bonchev–Trinajstić information content (AvgIpc) is 3.54. The summed E-state index contributed by atoms with van der Waals surface area (Å²) in [4.78, 5) is 33.0. The van der Waals surface area contributed by atoms with Crippen LogP contribution >= 0.6 is 11.3 Å². The van der Waals surface area contributed by atoms with Crippen molar-refractivity contribution in [1.29, 1.82) is 0 Å². The zero-order chi connectivity index (χ0) is 22.6. The van der Waals surface area contributed by atoms with Gasteiger partial charge in [0.1, 0.15) is 6.04 Å². The van der Waals surface area contributed by atoms with E-state index >= 15 is 0 Å². The van der Waals surface area contributed by atoms with Crippen molar-refractivity contribution in [2.45, 2.75) is 31.2 Å². The molecule has 1 saturated heterocycles. The van der Waals surface area contributed by atoms with Crippen LogP contribution in [0.15, 0.2) is 77.4 Å². The molecule has 1 aliphatic rings. The van der Waals surface area contributed by atoms with Gasteiger partial charge in [0.05, 0.1) is 21.5 Å². The SMILES string of the molecule is O=C(N[C@@H](Cc1ccccc1)C(=O)N1CCC[C@@H](c2nc3ccccc3s2)C1)c1ccco1. The van der Waals surface area contributed by atoms with Gasteiger partial charge >= 0.3 is 0 Å². The van der Waals surface area contributed by atoms with Gasteiger partial charge in [-0.05, 0) is 42.7 Å². The Kier molecular flexibility index (Phi) is 6.21. The fraction of sp³-hybridized carbons (Fsp3) is 0.269. The van der Waals surface area contributed by atoms with E-state index in [0.29, 0.717) is 19.5 Å². The number of carbonyl (C=O) groups excluding carboxylic acids is 2. The van der Waals surface area contributed by atoms with Crippen LogP contribution in [0.1, 0.15) is 39.9 Å². The average molecular weight is 460 g/mol. The van der Waals surface area contributed by atoms with E-state index in [0.717, 1.165) is 28.9 Å². The Labute approximate surface area is 196 Å². The number of benzene rings is 2. The van der Waals surface area contributed by atoms with Gasteiger partial charge in [0.15, 0.2) is 5.76 Å². The molecule has 0 aliphatic carbocycles. The second kappa shape index (κ2) is 9.58. The van der Waals surface area contributed by atoms with Crippen LogP contribution in [0.2, 0.25) is 0 Å². The number of rotatable bonds is 6. The molecular formula is C26H25N3O3S. The molecule has 1 aliphatic heterocycles. The lowest BCUT2D eigenvalue weighted by Gasteiger charge is -2.34. The summed E-state index contributed by atoms with van der Waals surface area (Å²) in [5.41, 5.74) is 2.00. The van der Waals surface area contributed by atoms with E-state index in [1.54, 1.807) is 23.5 Å². The highest BCUT2D eigenvalue weighted by Crippen LogP contribution is 2.33. The minimum atomic E-state index is -0.667. The maximum absolute atomic E-state index is 13.6. The summed E-state index contributed by atoms with van der Waals surface area (Å²) < 4.78 is 6.40. The van der Waals surface area contributed by atoms with Crippen molar-refractivity contribution in [2.75, 3.05) is 13.1 Å². The predicted octanol–water partition coefficient (Wildman–Crippen LogP) is 4.64. The molecule has 168 valence electrons. The summed E-state index contributed by atoms with van der Waals surface area (Å²) in [6, 6.07) is 20.5. The molecule has 2 amide bonds. The first kappa shape index (κ1) is 21.4. The Hall–Kier alpha value is -3.45. The Bertz CT molecular complexity index is 1200. The van der Waals surface area contributed by atoms with Crippen molar-refractivity contribution in [2.24, 2.45) is 0 Å². The number of hydrogen-bond acceptors (Lipinski definition) is 5. The van der Waals surface area contributed by atoms with Crippen molar-refractivity contribution >= 4 is 33.4 Å². The third-order valence-electron chi connectivity index (χ3n) is 6.02. The Balaban J connectivity index is 1.34. The van der Waals surface area contributed by atoms with Crippen molar-refractivity contribution in [1.82, 2.24) is 15.2 Å². The highest BCUT2D eigenvalue weighted by Gasteiger charge is 2.32. The molecule has 0 saturated carbocycles. The number of thiazole rings is 1. The maximum Gasteiger partial charge on any atom is 0.287 e. The van der Waals surface area contributed by atoms with Crippen molar-refractivity contribution in [3.63, 3.8) is 0 Å². The third kappa shape index (κ3) is 4.83. The molecule has 7 heteroatoms. The van der Waals surface area contributed by atoms with E-state index in [9.17, 15) is 9.59 Å². The number of piperidine rings is 1. The maximum atomic E-state index is 13.6. The normalized spacial score (nSPS) is 17.1. The van der Waals surface area contributed by atoms with Gasteiger partial charge in [0.2, 0.25) is 5.91 Å². The topological polar surface area (TPSA) is 75.4 Å². The molecular weight excluding hydrogens is 434 g/mol. The van der Waals surface area contributed by atoms with Crippen LogP contribution in [-0.2, 0) is 11.2 Å². The van der Waals surface area contributed by atoms with Crippen LogP contribution in [0, 0.1) is 0 Å². The Morgan fingerprint density at radius 2 is 1.91 bits per heavy atom. The van der Waals surface area contributed by atoms with Gasteiger partial charge in [0, 0.05) is 25.4 Å². The van der Waals surface area contributed by atoms with E-state index in [4.69, 9.17) is 9.40 Å². The van der Waals surface area contributed by atoms with Gasteiger partial charge in [-0.1, -0.05) is 42.5 Å². The molecule has 0 radical (unpaired) electrons. The molecule has 6 nitrogen and oxygen atoms in total. The lowest BCUT2D eigenvalue weighted by molar-refractivity contribution is -0.134. The van der Waals surface area contributed by atoms with Crippen LogP contribution < -0.4 is 5.32 Å².